The third kappa shape index (κ3) is 2.23. The second-order valence-corrected chi connectivity index (χ2v) is 3.30. The first kappa shape index (κ1) is 9.05. The van der Waals surface area contributed by atoms with Crippen molar-refractivity contribution < 1.29 is 13.6 Å². The third-order valence-corrected chi connectivity index (χ3v) is 1.88. The first-order valence-corrected chi connectivity index (χ1v) is 3.92. The van der Waals surface area contributed by atoms with Crippen molar-refractivity contribution in [3.8, 4) is 0 Å². The fourth-order valence-corrected chi connectivity index (χ4v) is 1.24. The van der Waals surface area contributed by atoms with Gasteiger partial charge in [-0.1, -0.05) is 0 Å². The molecule has 0 spiro atoms. The molecule has 3 nitrogen and oxygen atoms in total. The van der Waals surface area contributed by atoms with Gasteiger partial charge in [0.15, 0.2) is 5.13 Å². The van der Waals surface area contributed by atoms with E-state index < -0.39 is 12.3 Å². The highest BCUT2D eigenvalue weighted by Crippen LogP contribution is 2.16. The number of thiazole rings is 1. The molecule has 0 fully saturated rings. The summed E-state index contributed by atoms with van der Waals surface area (Å²) < 4.78 is 23.4. The van der Waals surface area contributed by atoms with Crippen molar-refractivity contribution in [1.82, 2.24) is 4.98 Å². The van der Waals surface area contributed by atoms with E-state index >= 15 is 0 Å². The zero-order chi connectivity index (χ0) is 9.14. The minimum absolute atomic E-state index is 0.206. The third-order valence-electron chi connectivity index (χ3n) is 1.05. The lowest BCUT2D eigenvalue weighted by molar-refractivity contribution is -0.126. The number of halogens is 2. The molecule has 0 atom stereocenters. The maximum Gasteiger partial charge on any atom is 0.315 e. The summed E-state index contributed by atoms with van der Waals surface area (Å²) in [6, 6.07) is 0. The molecule has 1 N–H and O–H groups in total. The molecule has 0 aliphatic carbocycles. The van der Waals surface area contributed by atoms with Gasteiger partial charge < -0.3 is 0 Å². The molecule has 0 aromatic carbocycles. The van der Waals surface area contributed by atoms with Crippen LogP contribution in [0.4, 0.5) is 13.9 Å². The molecule has 0 bridgehead atoms. The Bertz CT molecular complexity index is 287. The Morgan fingerprint density at radius 1 is 1.75 bits per heavy atom. The lowest BCUT2D eigenvalue weighted by Gasteiger charge is -1.97. The largest absolute Gasteiger partial charge is 0.315 e. The van der Waals surface area contributed by atoms with Crippen LogP contribution < -0.4 is 5.32 Å². The van der Waals surface area contributed by atoms with Crippen molar-refractivity contribution in [2.45, 2.75) is 13.3 Å². The minimum Gasteiger partial charge on any atom is -0.297 e. The van der Waals surface area contributed by atoms with Crippen LogP contribution in [0.1, 0.15) is 4.88 Å². The van der Waals surface area contributed by atoms with Crippen LogP contribution in [0.3, 0.4) is 0 Å². The topological polar surface area (TPSA) is 42.0 Å². The van der Waals surface area contributed by atoms with Gasteiger partial charge in [-0.05, 0) is 6.92 Å². The average Bonchev–Trinajstić information content (AvgIpc) is 2.35. The zero-order valence-corrected chi connectivity index (χ0v) is 6.99. The van der Waals surface area contributed by atoms with E-state index in [4.69, 9.17) is 0 Å². The first-order chi connectivity index (χ1) is 5.59. The van der Waals surface area contributed by atoms with E-state index in [0.29, 0.717) is 0 Å². The SMILES string of the molecule is Cc1cnc(NC(=O)C(F)F)s1. The molecule has 12 heavy (non-hydrogen) atoms. The number of nitrogens with zero attached hydrogens (tertiary/aromatic N) is 1. The number of amides is 1. The van der Waals surface area contributed by atoms with E-state index in [1.807, 2.05) is 5.32 Å². The van der Waals surface area contributed by atoms with Gasteiger partial charge in [0.1, 0.15) is 0 Å². The Kier molecular flexibility index (Phi) is 2.69. The van der Waals surface area contributed by atoms with Gasteiger partial charge in [-0.2, -0.15) is 8.78 Å². The van der Waals surface area contributed by atoms with Crippen LogP contribution in [0.25, 0.3) is 0 Å². The van der Waals surface area contributed by atoms with Crippen LogP contribution in [0.5, 0.6) is 0 Å². The molecule has 0 unspecified atom stereocenters. The normalized spacial score (nSPS) is 10.3. The second-order valence-electron chi connectivity index (χ2n) is 2.07. The maximum atomic E-state index is 11.7. The van der Waals surface area contributed by atoms with E-state index in [9.17, 15) is 13.6 Å². The highest BCUT2D eigenvalue weighted by atomic mass is 32.1. The van der Waals surface area contributed by atoms with Crippen molar-refractivity contribution in [3.63, 3.8) is 0 Å². The number of aryl methyl sites for hydroxylation is 1. The maximum absolute atomic E-state index is 11.7. The Morgan fingerprint density at radius 3 is 2.83 bits per heavy atom. The zero-order valence-electron chi connectivity index (χ0n) is 6.17. The van der Waals surface area contributed by atoms with Crippen LogP contribution in [-0.4, -0.2) is 17.3 Å². The van der Waals surface area contributed by atoms with Crippen LogP contribution in [0, 0.1) is 6.92 Å². The van der Waals surface area contributed by atoms with Crippen molar-refractivity contribution in [2.24, 2.45) is 0 Å². The number of nitrogens with one attached hydrogen (secondary N) is 1. The minimum atomic E-state index is -2.99. The van der Waals surface area contributed by atoms with Gasteiger partial charge in [-0.15, -0.1) is 11.3 Å². The van der Waals surface area contributed by atoms with Crippen molar-refractivity contribution in [2.75, 3.05) is 5.32 Å². The molecule has 0 saturated heterocycles. The fourth-order valence-electron chi connectivity index (χ4n) is 0.572. The molecule has 1 amide bonds. The summed E-state index contributed by atoms with van der Waals surface area (Å²) in [4.78, 5) is 15.0. The Balaban J connectivity index is 2.58. The molecule has 0 aliphatic rings. The van der Waals surface area contributed by atoms with Gasteiger partial charge in [-0.3, -0.25) is 10.1 Å². The molecular formula is C6H6F2N2OS. The van der Waals surface area contributed by atoms with Crippen LogP contribution in [0.2, 0.25) is 0 Å². The summed E-state index contributed by atoms with van der Waals surface area (Å²) in [5.41, 5.74) is 0. The van der Waals surface area contributed by atoms with Crippen molar-refractivity contribution in [3.05, 3.63) is 11.1 Å². The van der Waals surface area contributed by atoms with E-state index in [2.05, 4.69) is 4.98 Å². The monoisotopic (exact) mass is 192 g/mol. The van der Waals surface area contributed by atoms with Crippen molar-refractivity contribution >= 4 is 22.4 Å². The average molecular weight is 192 g/mol. The van der Waals surface area contributed by atoms with E-state index in [-0.39, 0.29) is 5.13 Å². The molecule has 66 valence electrons. The summed E-state index contributed by atoms with van der Waals surface area (Å²) in [6.07, 6.45) is -1.49. The molecule has 0 radical (unpaired) electrons. The van der Waals surface area contributed by atoms with Crippen LogP contribution in [-0.2, 0) is 4.79 Å². The quantitative estimate of drug-likeness (QED) is 0.774. The molecule has 1 heterocycles. The standard InChI is InChI=1S/C6H6F2N2OS/c1-3-2-9-6(12-3)10-5(11)4(7)8/h2,4H,1H3,(H,9,10,11). The van der Waals surface area contributed by atoms with Crippen LogP contribution in [0.15, 0.2) is 6.20 Å². The molecule has 1 aromatic heterocycles. The summed E-state index contributed by atoms with van der Waals surface area (Å²) in [5, 5.41) is 2.19. The van der Waals surface area contributed by atoms with Gasteiger partial charge >= 0.3 is 6.43 Å². The number of carbonyl (C=O) groups excluding carboxylic acids is 1. The van der Waals surface area contributed by atoms with E-state index in [1.54, 1.807) is 6.92 Å². The summed E-state index contributed by atoms with van der Waals surface area (Å²) in [6.45, 7) is 1.77. The van der Waals surface area contributed by atoms with Gasteiger partial charge in [0.2, 0.25) is 0 Å². The lowest BCUT2D eigenvalue weighted by atomic mass is 10.6. The number of rotatable bonds is 2. The molecule has 1 aromatic rings. The smallest absolute Gasteiger partial charge is 0.297 e. The van der Waals surface area contributed by atoms with Gasteiger partial charge in [0, 0.05) is 11.1 Å². The predicted octanol–water partition coefficient (Wildman–Crippen LogP) is 1.66. The number of anilines is 1. The molecule has 6 heteroatoms. The summed E-state index contributed by atoms with van der Waals surface area (Å²) in [5.74, 6) is -1.32. The predicted molar refractivity (Wildman–Crippen MR) is 41.5 cm³/mol. The fraction of sp³-hybridized carbons (Fsp3) is 0.333. The molecule has 0 saturated carbocycles. The molecular weight excluding hydrogens is 186 g/mol. The van der Waals surface area contributed by atoms with E-state index in [0.717, 1.165) is 16.2 Å². The van der Waals surface area contributed by atoms with Crippen molar-refractivity contribution in [1.29, 1.82) is 0 Å². The Morgan fingerprint density at radius 2 is 2.42 bits per heavy atom. The number of carbonyl (C=O) groups is 1. The molecule has 0 aliphatic heterocycles. The number of aromatic nitrogens is 1. The number of hydrogen-bond acceptors (Lipinski definition) is 3. The lowest BCUT2D eigenvalue weighted by Crippen LogP contribution is -2.19. The van der Waals surface area contributed by atoms with Gasteiger partial charge in [0.25, 0.3) is 5.91 Å². The number of hydrogen-bond donors (Lipinski definition) is 1. The van der Waals surface area contributed by atoms with E-state index in [1.165, 1.54) is 6.20 Å². The number of alkyl halides is 2. The molecule has 1 rings (SSSR count). The highest BCUT2D eigenvalue weighted by Gasteiger charge is 2.15. The first-order valence-electron chi connectivity index (χ1n) is 3.11. The second kappa shape index (κ2) is 3.57. The van der Waals surface area contributed by atoms with Gasteiger partial charge in [0.05, 0.1) is 0 Å². The summed E-state index contributed by atoms with van der Waals surface area (Å²) >= 11 is 1.16. The Labute approximate surface area is 71.4 Å². The Hall–Kier alpha value is -1.04. The van der Waals surface area contributed by atoms with Crippen LogP contribution >= 0.6 is 11.3 Å². The van der Waals surface area contributed by atoms with Gasteiger partial charge in [-0.25, -0.2) is 4.98 Å². The summed E-state index contributed by atoms with van der Waals surface area (Å²) in [7, 11) is 0. The highest BCUT2D eigenvalue weighted by molar-refractivity contribution is 7.15.